The molecular formula is C21H17N3O4. The van der Waals surface area contributed by atoms with Gasteiger partial charge in [0.05, 0.1) is 10.6 Å². The fraction of sp³-hybridized carbons (Fsp3) is 0.0952. The molecule has 0 aliphatic heterocycles. The number of carbonyl (C=O) groups is 1. The zero-order valence-corrected chi connectivity index (χ0v) is 15.0. The van der Waals surface area contributed by atoms with Crippen molar-refractivity contribution < 1.29 is 14.8 Å². The highest BCUT2D eigenvalue weighted by Gasteiger charge is 2.24. The third kappa shape index (κ3) is 2.73. The van der Waals surface area contributed by atoms with Gasteiger partial charge in [0.2, 0.25) is 0 Å². The molecule has 140 valence electrons. The van der Waals surface area contributed by atoms with Crippen molar-refractivity contribution in [2.45, 2.75) is 13.3 Å². The largest absolute Gasteiger partial charge is 0.477 e. The third-order valence-corrected chi connectivity index (χ3v) is 4.90. The van der Waals surface area contributed by atoms with Crippen LogP contribution in [0.1, 0.15) is 23.0 Å². The van der Waals surface area contributed by atoms with Crippen molar-refractivity contribution in [1.82, 2.24) is 9.97 Å². The average Bonchev–Trinajstić information content (AvgIpc) is 3.32. The minimum absolute atomic E-state index is 0.0356. The molecule has 0 unspecified atom stereocenters. The lowest BCUT2D eigenvalue weighted by Gasteiger charge is -2.07. The topological polar surface area (TPSA) is 112 Å². The Labute approximate surface area is 159 Å². The molecule has 0 atom stereocenters. The quantitative estimate of drug-likeness (QED) is 0.336. The maximum absolute atomic E-state index is 12.0. The SMILES string of the molecule is CCc1c(-c2cccc3[nH]ccc23)[nH]c(C(=O)O)c1-c1ccc([N+](=O)[O-])cc1. The van der Waals surface area contributed by atoms with Crippen molar-refractivity contribution in [1.29, 1.82) is 0 Å². The number of aromatic nitrogens is 2. The molecule has 2 aromatic carbocycles. The van der Waals surface area contributed by atoms with Gasteiger partial charge in [0.1, 0.15) is 5.69 Å². The normalized spacial score (nSPS) is 11.0. The number of hydrogen-bond donors (Lipinski definition) is 3. The zero-order chi connectivity index (χ0) is 19.8. The van der Waals surface area contributed by atoms with E-state index in [1.165, 1.54) is 12.1 Å². The van der Waals surface area contributed by atoms with Crippen LogP contribution in [-0.4, -0.2) is 26.0 Å². The van der Waals surface area contributed by atoms with Gasteiger partial charge in [-0.3, -0.25) is 10.1 Å². The van der Waals surface area contributed by atoms with E-state index < -0.39 is 10.9 Å². The number of carboxylic acid groups (broad SMARTS) is 1. The molecule has 28 heavy (non-hydrogen) atoms. The van der Waals surface area contributed by atoms with Crippen LogP contribution < -0.4 is 0 Å². The number of carboxylic acids is 1. The minimum Gasteiger partial charge on any atom is -0.477 e. The van der Waals surface area contributed by atoms with Gasteiger partial charge in [-0.15, -0.1) is 0 Å². The van der Waals surface area contributed by atoms with E-state index in [4.69, 9.17) is 0 Å². The van der Waals surface area contributed by atoms with Crippen LogP contribution in [0.15, 0.2) is 54.7 Å². The number of H-pyrrole nitrogens is 2. The lowest BCUT2D eigenvalue weighted by atomic mass is 9.95. The molecule has 2 aromatic heterocycles. The molecule has 4 aromatic rings. The van der Waals surface area contributed by atoms with Crippen LogP contribution in [0.5, 0.6) is 0 Å². The maximum atomic E-state index is 12.0. The van der Waals surface area contributed by atoms with Crippen molar-refractivity contribution >= 4 is 22.6 Å². The van der Waals surface area contributed by atoms with Crippen molar-refractivity contribution in [3.05, 3.63) is 76.1 Å². The molecule has 4 rings (SSSR count). The summed E-state index contributed by atoms with van der Waals surface area (Å²) in [6.45, 7) is 1.96. The summed E-state index contributed by atoms with van der Waals surface area (Å²) in [5, 5.41) is 21.7. The zero-order valence-electron chi connectivity index (χ0n) is 15.0. The molecule has 7 heteroatoms. The monoisotopic (exact) mass is 375 g/mol. The predicted molar refractivity (Wildman–Crippen MR) is 107 cm³/mol. The van der Waals surface area contributed by atoms with Crippen molar-refractivity contribution in [3.8, 4) is 22.4 Å². The molecule has 0 amide bonds. The number of aromatic amines is 2. The highest BCUT2D eigenvalue weighted by atomic mass is 16.6. The molecular weight excluding hydrogens is 358 g/mol. The van der Waals surface area contributed by atoms with Crippen LogP contribution >= 0.6 is 0 Å². The van der Waals surface area contributed by atoms with E-state index in [2.05, 4.69) is 9.97 Å². The van der Waals surface area contributed by atoms with Gasteiger partial charge in [0, 0.05) is 40.4 Å². The third-order valence-electron chi connectivity index (χ3n) is 4.90. The summed E-state index contributed by atoms with van der Waals surface area (Å²) in [6.07, 6.45) is 2.45. The summed E-state index contributed by atoms with van der Waals surface area (Å²) in [5.74, 6) is -1.07. The second kappa shape index (κ2) is 6.70. The molecule has 0 radical (unpaired) electrons. The van der Waals surface area contributed by atoms with Crippen LogP contribution in [-0.2, 0) is 6.42 Å². The van der Waals surface area contributed by atoms with Crippen molar-refractivity contribution in [2.24, 2.45) is 0 Å². The van der Waals surface area contributed by atoms with E-state index in [1.54, 1.807) is 12.1 Å². The van der Waals surface area contributed by atoms with E-state index in [1.807, 2.05) is 37.4 Å². The van der Waals surface area contributed by atoms with Crippen LogP contribution in [0.25, 0.3) is 33.3 Å². The van der Waals surface area contributed by atoms with Crippen LogP contribution in [0.2, 0.25) is 0 Å². The number of benzene rings is 2. The van der Waals surface area contributed by atoms with Crippen LogP contribution in [0.3, 0.4) is 0 Å². The first-order valence-corrected chi connectivity index (χ1v) is 8.80. The molecule has 0 bridgehead atoms. The minimum atomic E-state index is -1.07. The van der Waals surface area contributed by atoms with Gasteiger partial charge in [-0.25, -0.2) is 4.79 Å². The van der Waals surface area contributed by atoms with E-state index in [-0.39, 0.29) is 11.4 Å². The Balaban J connectivity index is 1.98. The summed E-state index contributed by atoms with van der Waals surface area (Å²) in [7, 11) is 0. The van der Waals surface area contributed by atoms with Crippen molar-refractivity contribution in [3.63, 3.8) is 0 Å². The Bertz CT molecular complexity index is 1200. The Morgan fingerprint density at radius 1 is 1.14 bits per heavy atom. The highest BCUT2D eigenvalue weighted by Crippen LogP contribution is 2.38. The number of nitro benzene ring substituents is 1. The maximum Gasteiger partial charge on any atom is 0.352 e. The molecule has 0 aliphatic rings. The first kappa shape index (κ1) is 17.5. The first-order chi connectivity index (χ1) is 13.5. The number of non-ortho nitro benzene ring substituents is 1. The summed E-state index contributed by atoms with van der Waals surface area (Å²) in [5.41, 5.74) is 4.71. The fourth-order valence-corrected chi connectivity index (χ4v) is 3.65. The molecule has 0 saturated carbocycles. The van der Waals surface area contributed by atoms with E-state index in [0.717, 1.165) is 27.7 Å². The van der Waals surface area contributed by atoms with Gasteiger partial charge in [0.15, 0.2) is 0 Å². The summed E-state index contributed by atoms with van der Waals surface area (Å²) in [6, 6.07) is 13.7. The molecule has 0 fully saturated rings. The molecule has 0 spiro atoms. The van der Waals surface area contributed by atoms with Crippen LogP contribution in [0.4, 0.5) is 5.69 Å². The Morgan fingerprint density at radius 2 is 1.89 bits per heavy atom. The van der Waals surface area contributed by atoms with Crippen LogP contribution in [0, 0.1) is 10.1 Å². The number of nitrogens with zero attached hydrogens (tertiary/aromatic N) is 1. The second-order valence-corrected chi connectivity index (χ2v) is 6.44. The van der Waals surface area contributed by atoms with E-state index >= 15 is 0 Å². The molecule has 3 N–H and O–H groups in total. The number of rotatable bonds is 5. The molecule has 0 aliphatic carbocycles. The van der Waals surface area contributed by atoms with Gasteiger partial charge < -0.3 is 15.1 Å². The summed E-state index contributed by atoms with van der Waals surface area (Å²) >= 11 is 0. The average molecular weight is 375 g/mol. The number of nitrogens with one attached hydrogen (secondary N) is 2. The van der Waals surface area contributed by atoms with E-state index in [0.29, 0.717) is 17.5 Å². The molecule has 7 nitrogen and oxygen atoms in total. The van der Waals surface area contributed by atoms with Gasteiger partial charge in [0.25, 0.3) is 5.69 Å². The molecule has 0 saturated heterocycles. The van der Waals surface area contributed by atoms with E-state index in [9.17, 15) is 20.0 Å². The fourth-order valence-electron chi connectivity index (χ4n) is 3.65. The number of fused-ring (bicyclic) bond motifs is 1. The number of aromatic carboxylic acids is 1. The lowest BCUT2D eigenvalue weighted by Crippen LogP contribution is -1.99. The van der Waals surface area contributed by atoms with Gasteiger partial charge in [-0.05, 0) is 41.8 Å². The smallest absolute Gasteiger partial charge is 0.352 e. The predicted octanol–water partition coefficient (Wildman–Crippen LogP) is 5.00. The Kier molecular flexibility index (Phi) is 4.19. The second-order valence-electron chi connectivity index (χ2n) is 6.44. The van der Waals surface area contributed by atoms with Gasteiger partial charge in [-0.1, -0.05) is 19.1 Å². The van der Waals surface area contributed by atoms with Crippen molar-refractivity contribution in [2.75, 3.05) is 0 Å². The highest BCUT2D eigenvalue weighted by molar-refractivity contribution is 6.02. The number of hydrogen-bond acceptors (Lipinski definition) is 3. The standard InChI is InChI=1S/C21H17N3O4/c1-2-14-18(12-6-8-13(9-7-12)24(27)28)20(21(25)26)23-19(14)16-4-3-5-17-15(16)10-11-22-17/h3-11,22-23H,2H2,1H3,(H,25,26). The van der Waals surface area contributed by atoms with Gasteiger partial charge >= 0.3 is 5.97 Å². The molecule has 2 heterocycles. The number of nitro groups is 1. The Morgan fingerprint density at radius 3 is 2.54 bits per heavy atom. The lowest BCUT2D eigenvalue weighted by molar-refractivity contribution is -0.384. The van der Waals surface area contributed by atoms with Gasteiger partial charge in [-0.2, -0.15) is 0 Å². The Hall–Kier alpha value is -3.87. The summed E-state index contributed by atoms with van der Waals surface area (Å²) < 4.78 is 0. The summed E-state index contributed by atoms with van der Waals surface area (Å²) in [4.78, 5) is 28.7. The first-order valence-electron chi connectivity index (χ1n) is 8.80.